The number of hydrogen-bond donors (Lipinski definition) is 1. The van der Waals surface area contributed by atoms with Crippen LogP contribution in [0.15, 0.2) is 29.2 Å². The quantitative estimate of drug-likeness (QED) is 0.878. The summed E-state index contributed by atoms with van der Waals surface area (Å²) in [5, 5.41) is 0. The number of carbonyl (C=O) groups excluding carboxylic acids is 1. The molecule has 1 N–H and O–H groups in total. The zero-order valence-corrected chi connectivity index (χ0v) is 15.5. The minimum absolute atomic E-state index is 0.00387. The largest absolute Gasteiger partial charge is 0.375 e. The Bertz CT molecular complexity index is 672. The van der Waals surface area contributed by atoms with Crippen molar-refractivity contribution in [1.29, 1.82) is 0 Å². The summed E-state index contributed by atoms with van der Waals surface area (Å²) in [5.74, 6) is -0.100. The molecule has 24 heavy (non-hydrogen) atoms. The van der Waals surface area contributed by atoms with Crippen LogP contribution >= 0.6 is 0 Å². The SMILES string of the molecule is CCC(C)NS(=O)(=O)c1ccc(C(=O)N2CC(C)OCC2C)cc1. The van der Waals surface area contributed by atoms with Gasteiger partial charge in [-0.2, -0.15) is 0 Å². The zero-order valence-electron chi connectivity index (χ0n) is 14.7. The average molecular weight is 354 g/mol. The number of benzene rings is 1. The number of rotatable bonds is 5. The van der Waals surface area contributed by atoms with Gasteiger partial charge < -0.3 is 9.64 Å². The number of carbonyl (C=O) groups is 1. The van der Waals surface area contributed by atoms with E-state index in [0.29, 0.717) is 25.1 Å². The number of ether oxygens (including phenoxy) is 1. The standard InChI is InChI=1S/C17H26N2O4S/c1-5-12(2)18-24(21,22)16-8-6-15(7-9-16)17(20)19-10-14(4)23-11-13(19)3/h6-9,12-14,18H,5,10-11H2,1-4H3. The fraction of sp³-hybridized carbons (Fsp3) is 0.588. The van der Waals surface area contributed by atoms with Gasteiger partial charge in [0.25, 0.3) is 5.91 Å². The van der Waals surface area contributed by atoms with Crippen LogP contribution in [-0.2, 0) is 14.8 Å². The van der Waals surface area contributed by atoms with Gasteiger partial charge in [-0.1, -0.05) is 6.92 Å². The van der Waals surface area contributed by atoms with Crippen molar-refractivity contribution >= 4 is 15.9 Å². The molecule has 0 saturated carbocycles. The molecule has 1 saturated heterocycles. The highest BCUT2D eigenvalue weighted by Crippen LogP contribution is 2.17. The Balaban J connectivity index is 2.15. The van der Waals surface area contributed by atoms with Gasteiger partial charge in [0, 0.05) is 18.2 Å². The molecular weight excluding hydrogens is 328 g/mol. The monoisotopic (exact) mass is 354 g/mol. The van der Waals surface area contributed by atoms with Crippen molar-refractivity contribution in [1.82, 2.24) is 9.62 Å². The minimum atomic E-state index is -3.55. The van der Waals surface area contributed by atoms with Crippen LogP contribution < -0.4 is 4.72 Å². The molecule has 0 aliphatic carbocycles. The number of nitrogens with zero attached hydrogens (tertiary/aromatic N) is 1. The summed E-state index contributed by atoms with van der Waals surface area (Å²) in [4.78, 5) is 14.6. The summed E-state index contributed by atoms with van der Waals surface area (Å²) in [6.45, 7) is 8.66. The van der Waals surface area contributed by atoms with Gasteiger partial charge in [0.1, 0.15) is 0 Å². The molecule has 1 aromatic rings. The van der Waals surface area contributed by atoms with Crippen LogP contribution in [0.5, 0.6) is 0 Å². The lowest BCUT2D eigenvalue weighted by Gasteiger charge is -2.36. The molecule has 0 aromatic heterocycles. The van der Waals surface area contributed by atoms with Gasteiger partial charge in [-0.3, -0.25) is 4.79 Å². The third-order valence-electron chi connectivity index (χ3n) is 4.25. The molecule has 1 fully saturated rings. The lowest BCUT2D eigenvalue weighted by molar-refractivity contribution is -0.0387. The first-order chi connectivity index (χ1) is 11.2. The van der Waals surface area contributed by atoms with E-state index in [1.54, 1.807) is 17.0 Å². The van der Waals surface area contributed by atoms with Crippen LogP contribution in [0.3, 0.4) is 0 Å². The van der Waals surface area contributed by atoms with E-state index in [2.05, 4.69) is 4.72 Å². The molecule has 1 amide bonds. The normalized spacial score (nSPS) is 23.1. The van der Waals surface area contributed by atoms with Gasteiger partial charge in [0.15, 0.2) is 0 Å². The first-order valence-electron chi connectivity index (χ1n) is 8.29. The number of sulfonamides is 1. The Morgan fingerprint density at radius 1 is 1.33 bits per heavy atom. The highest BCUT2D eigenvalue weighted by atomic mass is 32.2. The maximum atomic E-state index is 12.6. The molecule has 0 bridgehead atoms. The van der Waals surface area contributed by atoms with E-state index < -0.39 is 10.0 Å². The van der Waals surface area contributed by atoms with Crippen molar-refractivity contribution < 1.29 is 17.9 Å². The highest BCUT2D eigenvalue weighted by Gasteiger charge is 2.28. The molecule has 1 aliphatic rings. The molecular formula is C17H26N2O4S. The Labute approximate surface area is 144 Å². The van der Waals surface area contributed by atoms with Crippen LogP contribution in [0.1, 0.15) is 44.5 Å². The van der Waals surface area contributed by atoms with E-state index in [9.17, 15) is 13.2 Å². The van der Waals surface area contributed by atoms with Crippen molar-refractivity contribution in [3.05, 3.63) is 29.8 Å². The smallest absolute Gasteiger partial charge is 0.254 e. The van der Waals surface area contributed by atoms with Gasteiger partial charge in [-0.25, -0.2) is 13.1 Å². The van der Waals surface area contributed by atoms with Crippen molar-refractivity contribution in [3.63, 3.8) is 0 Å². The molecule has 3 atom stereocenters. The van der Waals surface area contributed by atoms with E-state index in [-0.39, 0.29) is 29.0 Å². The molecule has 0 spiro atoms. The lowest BCUT2D eigenvalue weighted by Crippen LogP contribution is -2.50. The molecule has 3 unspecified atom stereocenters. The zero-order chi connectivity index (χ0) is 17.9. The third kappa shape index (κ3) is 4.34. The number of hydrogen-bond acceptors (Lipinski definition) is 4. The second kappa shape index (κ2) is 7.63. The maximum Gasteiger partial charge on any atom is 0.254 e. The summed E-state index contributed by atoms with van der Waals surface area (Å²) in [5.41, 5.74) is 0.485. The highest BCUT2D eigenvalue weighted by molar-refractivity contribution is 7.89. The Morgan fingerprint density at radius 2 is 1.96 bits per heavy atom. The minimum Gasteiger partial charge on any atom is -0.375 e. The Kier molecular flexibility index (Phi) is 6.01. The van der Waals surface area contributed by atoms with E-state index in [1.807, 2.05) is 27.7 Å². The summed E-state index contributed by atoms with van der Waals surface area (Å²) < 4.78 is 32.7. The van der Waals surface area contributed by atoms with Gasteiger partial charge >= 0.3 is 0 Å². The van der Waals surface area contributed by atoms with E-state index in [1.165, 1.54) is 12.1 Å². The predicted molar refractivity (Wildman–Crippen MR) is 92.4 cm³/mol. The molecule has 1 heterocycles. The Hall–Kier alpha value is -1.44. The topological polar surface area (TPSA) is 75.7 Å². The fourth-order valence-corrected chi connectivity index (χ4v) is 3.87. The molecule has 134 valence electrons. The number of morpholine rings is 1. The second-order valence-corrected chi connectivity index (χ2v) is 8.12. The van der Waals surface area contributed by atoms with E-state index in [0.717, 1.165) is 0 Å². The van der Waals surface area contributed by atoms with Crippen LogP contribution in [0.4, 0.5) is 0 Å². The first-order valence-corrected chi connectivity index (χ1v) is 9.78. The van der Waals surface area contributed by atoms with Gasteiger partial charge in [-0.15, -0.1) is 0 Å². The molecule has 1 aliphatic heterocycles. The molecule has 2 rings (SSSR count). The van der Waals surface area contributed by atoms with Crippen LogP contribution in [0, 0.1) is 0 Å². The number of nitrogens with one attached hydrogen (secondary N) is 1. The van der Waals surface area contributed by atoms with Gasteiger partial charge in [-0.05, 0) is 51.5 Å². The van der Waals surface area contributed by atoms with Gasteiger partial charge in [0.05, 0.1) is 23.6 Å². The molecule has 1 aromatic carbocycles. The van der Waals surface area contributed by atoms with Gasteiger partial charge in [0.2, 0.25) is 10.0 Å². The Morgan fingerprint density at radius 3 is 2.54 bits per heavy atom. The second-order valence-electron chi connectivity index (χ2n) is 6.41. The number of amides is 1. The summed E-state index contributed by atoms with van der Waals surface area (Å²) in [6.07, 6.45) is 0.715. The maximum absolute atomic E-state index is 12.6. The van der Waals surface area contributed by atoms with Crippen LogP contribution in [0.2, 0.25) is 0 Å². The van der Waals surface area contributed by atoms with Crippen LogP contribution in [0.25, 0.3) is 0 Å². The fourth-order valence-electron chi connectivity index (χ4n) is 2.54. The molecule has 6 nitrogen and oxygen atoms in total. The first kappa shape index (κ1) is 18.9. The third-order valence-corrected chi connectivity index (χ3v) is 5.85. The van der Waals surface area contributed by atoms with Crippen molar-refractivity contribution in [2.45, 2.75) is 57.2 Å². The van der Waals surface area contributed by atoms with Crippen molar-refractivity contribution in [2.75, 3.05) is 13.2 Å². The van der Waals surface area contributed by atoms with Crippen molar-refractivity contribution in [2.24, 2.45) is 0 Å². The summed E-state index contributed by atoms with van der Waals surface area (Å²) in [6, 6.07) is 5.97. The summed E-state index contributed by atoms with van der Waals surface area (Å²) >= 11 is 0. The molecule has 7 heteroatoms. The van der Waals surface area contributed by atoms with E-state index in [4.69, 9.17) is 4.74 Å². The summed E-state index contributed by atoms with van der Waals surface area (Å²) in [7, 11) is -3.55. The lowest BCUT2D eigenvalue weighted by atomic mass is 10.1. The molecule has 0 radical (unpaired) electrons. The average Bonchev–Trinajstić information content (AvgIpc) is 2.56. The van der Waals surface area contributed by atoms with Crippen molar-refractivity contribution in [3.8, 4) is 0 Å². The van der Waals surface area contributed by atoms with E-state index >= 15 is 0 Å². The predicted octanol–water partition coefficient (Wildman–Crippen LogP) is 2.01. The van der Waals surface area contributed by atoms with Crippen LogP contribution in [-0.4, -0.2) is 50.6 Å².